The molecule has 1 aromatic carbocycles. The Bertz CT molecular complexity index is 892. The average molecular weight is 296 g/mol. The van der Waals surface area contributed by atoms with Crippen LogP contribution in [0.4, 0.5) is 0 Å². The number of aryl methyl sites for hydroxylation is 2. The molecule has 2 N–H and O–H groups in total. The number of carbonyl (C=O) groups is 1. The predicted octanol–water partition coefficient (Wildman–Crippen LogP) is 2.67. The molecule has 3 aromatic rings. The molecule has 2 aromatic heterocycles. The van der Waals surface area contributed by atoms with Gasteiger partial charge in [0, 0.05) is 23.0 Å². The summed E-state index contributed by atoms with van der Waals surface area (Å²) in [6, 6.07) is 9.04. The van der Waals surface area contributed by atoms with E-state index in [4.69, 9.17) is 4.42 Å². The van der Waals surface area contributed by atoms with Gasteiger partial charge in [-0.2, -0.15) is 0 Å². The first-order valence-electron chi connectivity index (χ1n) is 6.99. The summed E-state index contributed by atoms with van der Waals surface area (Å²) in [7, 11) is 0. The van der Waals surface area contributed by atoms with Gasteiger partial charge in [-0.1, -0.05) is 6.07 Å². The molecule has 0 bridgehead atoms. The van der Waals surface area contributed by atoms with Crippen LogP contribution in [0.1, 0.15) is 27.2 Å². The van der Waals surface area contributed by atoms with E-state index >= 15 is 0 Å². The maximum Gasteiger partial charge on any atom is 0.287 e. The van der Waals surface area contributed by atoms with Crippen molar-refractivity contribution in [1.29, 1.82) is 0 Å². The van der Waals surface area contributed by atoms with E-state index in [9.17, 15) is 9.59 Å². The van der Waals surface area contributed by atoms with E-state index in [0.717, 1.165) is 22.0 Å². The molecule has 2 heterocycles. The maximum atomic E-state index is 12.1. The number of aromatic nitrogens is 1. The van der Waals surface area contributed by atoms with Crippen molar-refractivity contribution in [2.24, 2.45) is 0 Å². The minimum absolute atomic E-state index is 0.151. The molecule has 1 amide bonds. The Kier molecular flexibility index (Phi) is 3.55. The van der Waals surface area contributed by atoms with Crippen molar-refractivity contribution in [2.75, 3.05) is 0 Å². The number of hydrogen-bond acceptors (Lipinski definition) is 3. The molecule has 0 atom stereocenters. The Balaban J connectivity index is 1.89. The van der Waals surface area contributed by atoms with Crippen molar-refractivity contribution in [3.63, 3.8) is 0 Å². The Morgan fingerprint density at radius 3 is 2.82 bits per heavy atom. The lowest BCUT2D eigenvalue weighted by atomic mass is 10.0. The van der Waals surface area contributed by atoms with Crippen LogP contribution < -0.4 is 10.9 Å². The number of furan rings is 1. The van der Waals surface area contributed by atoms with Crippen LogP contribution >= 0.6 is 0 Å². The van der Waals surface area contributed by atoms with Crippen molar-refractivity contribution in [3.05, 3.63) is 69.4 Å². The molecule has 0 unspecified atom stereocenters. The van der Waals surface area contributed by atoms with Gasteiger partial charge >= 0.3 is 0 Å². The molecule has 22 heavy (non-hydrogen) atoms. The van der Waals surface area contributed by atoms with Gasteiger partial charge in [0.05, 0.1) is 6.26 Å². The van der Waals surface area contributed by atoms with Gasteiger partial charge in [-0.25, -0.2) is 0 Å². The van der Waals surface area contributed by atoms with Crippen LogP contribution in [0.15, 0.2) is 45.8 Å². The Labute approximate surface area is 127 Å². The second-order valence-corrected chi connectivity index (χ2v) is 5.33. The zero-order valence-corrected chi connectivity index (χ0v) is 12.4. The highest BCUT2D eigenvalue weighted by atomic mass is 16.3. The van der Waals surface area contributed by atoms with E-state index in [1.807, 2.05) is 26.0 Å². The van der Waals surface area contributed by atoms with E-state index in [1.54, 1.807) is 12.1 Å². The van der Waals surface area contributed by atoms with Gasteiger partial charge in [0.25, 0.3) is 11.5 Å². The SMILES string of the molecule is Cc1cc(C)c2cc(CNC(=O)c3ccco3)c(=O)[nH]c2c1. The van der Waals surface area contributed by atoms with Gasteiger partial charge in [0.15, 0.2) is 5.76 Å². The third kappa shape index (κ3) is 2.65. The summed E-state index contributed by atoms with van der Waals surface area (Å²) < 4.78 is 5.02. The number of aromatic amines is 1. The lowest BCUT2D eigenvalue weighted by molar-refractivity contribution is 0.0923. The Hall–Kier alpha value is -2.82. The average Bonchev–Trinajstić information content (AvgIpc) is 2.99. The van der Waals surface area contributed by atoms with Crippen LogP contribution in [-0.2, 0) is 6.54 Å². The molecule has 0 radical (unpaired) electrons. The molecule has 5 heteroatoms. The summed E-state index contributed by atoms with van der Waals surface area (Å²) >= 11 is 0. The molecule has 0 fully saturated rings. The molecule has 0 saturated heterocycles. The van der Waals surface area contributed by atoms with Gasteiger partial charge in [-0.15, -0.1) is 0 Å². The fraction of sp³-hybridized carbons (Fsp3) is 0.176. The summed E-state index contributed by atoms with van der Waals surface area (Å²) in [5.41, 5.74) is 3.31. The highest BCUT2D eigenvalue weighted by Gasteiger charge is 2.10. The van der Waals surface area contributed by atoms with Crippen LogP contribution in [0.5, 0.6) is 0 Å². The van der Waals surface area contributed by atoms with Crippen LogP contribution in [0.2, 0.25) is 0 Å². The third-order valence-electron chi connectivity index (χ3n) is 3.57. The Morgan fingerprint density at radius 2 is 2.09 bits per heavy atom. The summed E-state index contributed by atoms with van der Waals surface area (Å²) in [5, 5.41) is 3.66. The first-order chi connectivity index (χ1) is 10.5. The number of fused-ring (bicyclic) bond motifs is 1. The number of hydrogen-bond donors (Lipinski definition) is 2. The molecule has 112 valence electrons. The van der Waals surface area contributed by atoms with E-state index in [1.165, 1.54) is 6.26 Å². The normalized spacial score (nSPS) is 10.8. The van der Waals surface area contributed by atoms with Crippen molar-refractivity contribution >= 4 is 16.8 Å². The topological polar surface area (TPSA) is 75.1 Å². The van der Waals surface area contributed by atoms with Crippen LogP contribution in [-0.4, -0.2) is 10.9 Å². The molecule has 3 rings (SSSR count). The molecule has 5 nitrogen and oxygen atoms in total. The number of benzene rings is 1. The van der Waals surface area contributed by atoms with E-state index in [2.05, 4.69) is 16.4 Å². The van der Waals surface area contributed by atoms with Crippen molar-refractivity contribution in [1.82, 2.24) is 10.3 Å². The minimum atomic E-state index is -0.342. The smallest absolute Gasteiger partial charge is 0.287 e. The fourth-order valence-corrected chi connectivity index (χ4v) is 2.52. The molecule has 0 aliphatic heterocycles. The Morgan fingerprint density at radius 1 is 1.27 bits per heavy atom. The predicted molar refractivity (Wildman–Crippen MR) is 83.9 cm³/mol. The van der Waals surface area contributed by atoms with Gasteiger partial charge in [-0.05, 0) is 49.2 Å². The lowest BCUT2D eigenvalue weighted by Gasteiger charge is -2.08. The molecular weight excluding hydrogens is 280 g/mol. The van der Waals surface area contributed by atoms with Crippen LogP contribution in [0, 0.1) is 13.8 Å². The second-order valence-electron chi connectivity index (χ2n) is 5.33. The number of H-pyrrole nitrogens is 1. The molecular formula is C17H16N2O3. The lowest BCUT2D eigenvalue weighted by Crippen LogP contribution is -2.26. The van der Waals surface area contributed by atoms with Gasteiger partial charge in [-0.3, -0.25) is 9.59 Å². The number of nitrogens with one attached hydrogen (secondary N) is 2. The van der Waals surface area contributed by atoms with E-state index < -0.39 is 0 Å². The highest BCUT2D eigenvalue weighted by Crippen LogP contribution is 2.18. The summed E-state index contributed by atoms with van der Waals surface area (Å²) in [4.78, 5) is 26.8. The fourth-order valence-electron chi connectivity index (χ4n) is 2.52. The second kappa shape index (κ2) is 5.52. The van der Waals surface area contributed by atoms with Crippen molar-refractivity contribution in [3.8, 4) is 0 Å². The quantitative estimate of drug-likeness (QED) is 0.780. The number of carbonyl (C=O) groups excluding carboxylic acids is 1. The zero-order chi connectivity index (χ0) is 15.7. The number of pyridine rings is 1. The number of rotatable bonds is 3. The van der Waals surface area contributed by atoms with Gasteiger partial charge in [0.1, 0.15) is 0 Å². The highest BCUT2D eigenvalue weighted by molar-refractivity contribution is 5.91. The molecule has 0 saturated carbocycles. The summed E-state index contributed by atoms with van der Waals surface area (Å²) in [6.45, 7) is 4.14. The number of amides is 1. The third-order valence-corrected chi connectivity index (χ3v) is 3.57. The van der Waals surface area contributed by atoms with E-state index in [-0.39, 0.29) is 23.8 Å². The maximum absolute atomic E-state index is 12.1. The van der Waals surface area contributed by atoms with Crippen molar-refractivity contribution < 1.29 is 9.21 Å². The minimum Gasteiger partial charge on any atom is -0.459 e. The summed E-state index contributed by atoms with van der Waals surface area (Å²) in [5.74, 6) is -0.117. The first kappa shape index (κ1) is 14.1. The monoisotopic (exact) mass is 296 g/mol. The van der Waals surface area contributed by atoms with Gasteiger partial charge in [0.2, 0.25) is 0 Å². The largest absolute Gasteiger partial charge is 0.459 e. The van der Waals surface area contributed by atoms with E-state index in [0.29, 0.717) is 5.56 Å². The van der Waals surface area contributed by atoms with Gasteiger partial charge < -0.3 is 14.7 Å². The van der Waals surface area contributed by atoms with Crippen LogP contribution in [0.25, 0.3) is 10.9 Å². The molecule has 0 aliphatic carbocycles. The van der Waals surface area contributed by atoms with Crippen molar-refractivity contribution in [2.45, 2.75) is 20.4 Å². The standard InChI is InChI=1S/C17H16N2O3/c1-10-6-11(2)13-8-12(16(20)19-14(13)7-10)9-18-17(21)15-4-3-5-22-15/h3-8H,9H2,1-2H3,(H,18,21)(H,19,20). The molecule has 0 spiro atoms. The van der Waals surface area contributed by atoms with Crippen LogP contribution in [0.3, 0.4) is 0 Å². The summed E-state index contributed by atoms with van der Waals surface area (Å²) in [6.07, 6.45) is 1.43. The first-order valence-corrected chi connectivity index (χ1v) is 6.99. The molecule has 0 aliphatic rings. The zero-order valence-electron chi connectivity index (χ0n) is 12.4.